The molecule has 28 heavy (non-hydrogen) atoms. The van der Waals surface area contributed by atoms with Crippen molar-refractivity contribution in [3.8, 4) is 0 Å². The summed E-state index contributed by atoms with van der Waals surface area (Å²) in [4.78, 5) is 0. The lowest BCUT2D eigenvalue weighted by Crippen LogP contribution is -2.40. The minimum Gasteiger partial charge on any atom is -0.400 e. The number of nitrogens with two attached hydrogens (primary N) is 1. The molecule has 150 valence electrons. The second kappa shape index (κ2) is 6.68. The summed E-state index contributed by atoms with van der Waals surface area (Å²) in [5.41, 5.74) is 10.6. The minimum absolute atomic E-state index is 0.0260. The first-order valence-electron chi connectivity index (χ1n) is 9.66. The lowest BCUT2D eigenvalue weighted by atomic mass is 9.57. The Labute approximate surface area is 162 Å². The van der Waals surface area contributed by atoms with E-state index in [1.165, 1.54) is 17.7 Å². The molecular weight excluding hydrogens is 368 g/mol. The molecule has 0 spiro atoms. The van der Waals surface area contributed by atoms with E-state index in [1.54, 1.807) is 12.1 Å². The number of alkyl halides is 3. The minimum atomic E-state index is -4.13. The Morgan fingerprint density at radius 2 is 1.89 bits per heavy atom. The number of rotatable bonds is 2. The fourth-order valence-electron chi connectivity index (χ4n) is 5.01. The molecule has 2 nitrogen and oxygen atoms in total. The summed E-state index contributed by atoms with van der Waals surface area (Å²) in [7, 11) is 0. The van der Waals surface area contributed by atoms with Gasteiger partial charge in [0.1, 0.15) is 5.82 Å². The van der Waals surface area contributed by atoms with Gasteiger partial charge in [-0.1, -0.05) is 24.1 Å². The van der Waals surface area contributed by atoms with E-state index < -0.39 is 12.1 Å². The van der Waals surface area contributed by atoms with Crippen molar-refractivity contribution in [2.45, 2.75) is 45.2 Å². The molecule has 1 aromatic rings. The zero-order chi connectivity index (χ0) is 20.1. The molecule has 3 aliphatic carbocycles. The summed E-state index contributed by atoms with van der Waals surface area (Å²) in [5, 5.41) is 3.25. The number of fused-ring (bicyclic) bond motifs is 3. The number of hydrogen-bond acceptors (Lipinski definition) is 2. The molecule has 0 radical (unpaired) electrons. The molecular formula is C22H24F4N2. The standard InChI is InChI=1S/C22H24F4N2/c1-21-12-19(27)20(28-17-7-5-16(23)6-8-17)11-14(21)3-2-13-10-15(22(24,25)26)4-9-18(13)21/h5-9,11,13,15,28H,2-4,10,12,27H2,1H3/t13?,15-,21+/m1/s1. The summed E-state index contributed by atoms with van der Waals surface area (Å²) >= 11 is 0. The van der Waals surface area contributed by atoms with Gasteiger partial charge in [-0.3, -0.25) is 0 Å². The van der Waals surface area contributed by atoms with Gasteiger partial charge in [0.15, 0.2) is 0 Å². The molecule has 3 aliphatic rings. The summed E-state index contributed by atoms with van der Waals surface area (Å²) < 4.78 is 52.6. The van der Waals surface area contributed by atoms with E-state index in [-0.39, 0.29) is 30.0 Å². The molecule has 0 aliphatic heterocycles. The van der Waals surface area contributed by atoms with E-state index in [0.717, 1.165) is 29.8 Å². The third-order valence-corrected chi connectivity index (χ3v) is 6.53. The number of benzene rings is 1. The van der Waals surface area contributed by atoms with Gasteiger partial charge in [-0.15, -0.1) is 0 Å². The molecule has 0 aromatic heterocycles. The van der Waals surface area contributed by atoms with E-state index in [9.17, 15) is 17.6 Å². The third-order valence-electron chi connectivity index (χ3n) is 6.53. The summed E-state index contributed by atoms with van der Waals surface area (Å²) in [5.74, 6) is -1.56. The van der Waals surface area contributed by atoms with E-state index in [1.807, 2.05) is 12.2 Å². The van der Waals surface area contributed by atoms with Crippen LogP contribution in [-0.2, 0) is 0 Å². The van der Waals surface area contributed by atoms with Crippen LogP contribution in [0.5, 0.6) is 0 Å². The van der Waals surface area contributed by atoms with Crippen molar-refractivity contribution in [1.29, 1.82) is 0 Å². The van der Waals surface area contributed by atoms with Crippen LogP contribution in [0.1, 0.15) is 39.0 Å². The van der Waals surface area contributed by atoms with Gasteiger partial charge in [0, 0.05) is 23.2 Å². The highest BCUT2D eigenvalue weighted by molar-refractivity contribution is 5.55. The zero-order valence-electron chi connectivity index (χ0n) is 15.7. The number of anilines is 1. The number of hydrogen-bond donors (Lipinski definition) is 2. The first-order valence-corrected chi connectivity index (χ1v) is 9.66. The van der Waals surface area contributed by atoms with Crippen LogP contribution in [-0.4, -0.2) is 6.18 Å². The van der Waals surface area contributed by atoms with Gasteiger partial charge in [-0.2, -0.15) is 13.2 Å². The fraction of sp³-hybridized carbons (Fsp3) is 0.455. The van der Waals surface area contributed by atoms with Crippen molar-refractivity contribution >= 4 is 5.69 Å². The van der Waals surface area contributed by atoms with E-state index in [2.05, 4.69) is 12.2 Å². The van der Waals surface area contributed by atoms with Crippen molar-refractivity contribution in [2.24, 2.45) is 23.0 Å². The molecule has 0 bridgehead atoms. The molecule has 0 saturated heterocycles. The van der Waals surface area contributed by atoms with Crippen LogP contribution in [0.4, 0.5) is 23.2 Å². The van der Waals surface area contributed by atoms with Crippen molar-refractivity contribution in [3.05, 3.63) is 64.8 Å². The largest absolute Gasteiger partial charge is 0.400 e. The molecule has 6 heteroatoms. The van der Waals surface area contributed by atoms with Crippen LogP contribution in [0.15, 0.2) is 59.0 Å². The summed E-state index contributed by atoms with van der Waals surface area (Å²) in [6, 6.07) is 6.07. The average molecular weight is 392 g/mol. The second-order valence-corrected chi connectivity index (χ2v) is 8.35. The Morgan fingerprint density at radius 1 is 1.18 bits per heavy atom. The average Bonchev–Trinajstić information content (AvgIpc) is 2.63. The molecule has 3 N–H and O–H groups in total. The molecule has 4 rings (SSSR count). The summed E-state index contributed by atoms with van der Waals surface area (Å²) in [6.07, 6.45) is 2.07. The molecule has 1 fully saturated rings. The van der Waals surface area contributed by atoms with Gasteiger partial charge >= 0.3 is 6.18 Å². The van der Waals surface area contributed by atoms with Gasteiger partial charge in [0.2, 0.25) is 0 Å². The molecule has 1 unspecified atom stereocenters. The van der Waals surface area contributed by atoms with E-state index >= 15 is 0 Å². The van der Waals surface area contributed by atoms with Crippen LogP contribution < -0.4 is 11.1 Å². The molecule has 1 aromatic carbocycles. The van der Waals surface area contributed by atoms with Crippen LogP contribution in [0, 0.1) is 23.1 Å². The van der Waals surface area contributed by atoms with Crippen LogP contribution in [0.3, 0.4) is 0 Å². The van der Waals surface area contributed by atoms with E-state index in [0.29, 0.717) is 12.1 Å². The van der Waals surface area contributed by atoms with Gasteiger partial charge < -0.3 is 11.1 Å². The third kappa shape index (κ3) is 3.33. The van der Waals surface area contributed by atoms with Gasteiger partial charge in [-0.25, -0.2) is 4.39 Å². The smallest absolute Gasteiger partial charge is 0.392 e. The van der Waals surface area contributed by atoms with Crippen LogP contribution >= 0.6 is 0 Å². The molecule has 1 saturated carbocycles. The van der Waals surface area contributed by atoms with Crippen molar-refractivity contribution in [3.63, 3.8) is 0 Å². The second-order valence-electron chi connectivity index (χ2n) is 8.35. The fourth-order valence-corrected chi connectivity index (χ4v) is 5.01. The number of halogens is 4. The normalized spacial score (nSPS) is 30.2. The number of nitrogens with one attached hydrogen (secondary N) is 1. The van der Waals surface area contributed by atoms with Crippen LogP contribution in [0.25, 0.3) is 0 Å². The van der Waals surface area contributed by atoms with Gasteiger partial charge in [-0.05, 0) is 61.9 Å². The highest BCUT2D eigenvalue weighted by atomic mass is 19.4. The van der Waals surface area contributed by atoms with E-state index in [4.69, 9.17) is 5.73 Å². The maximum Gasteiger partial charge on any atom is 0.392 e. The Hall–Kier alpha value is -2.24. The Kier molecular flexibility index (Phi) is 4.55. The van der Waals surface area contributed by atoms with Gasteiger partial charge in [0.05, 0.1) is 11.6 Å². The first kappa shape index (κ1) is 19.1. The predicted octanol–water partition coefficient (Wildman–Crippen LogP) is 6.05. The van der Waals surface area contributed by atoms with Crippen molar-refractivity contribution in [1.82, 2.24) is 0 Å². The molecule has 0 amide bonds. The highest BCUT2D eigenvalue weighted by Crippen LogP contribution is 2.57. The molecule has 0 heterocycles. The maximum atomic E-state index is 13.2. The topological polar surface area (TPSA) is 38.0 Å². The Bertz CT molecular complexity index is 864. The monoisotopic (exact) mass is 392 g/mol. The summed E-state index contributed by atoms with van der Waals surface area (Å²) in [6.45, 7) is 2.10. The molecule has 3 atom stereocenters. The zero-order valence-corrected chi connectivity index (χ0v) is 15.7. The SMILES string of the molecule is C[C@]12CC(N)=C(Nc3ccc(F)cc3)C=C1CCC1C[C@H](C(F)(F)F)CC=C12. The predicted molar refractivity (Wildman–Crippen MR) is 102 cm³/mol. The van der Waals surface area contributed by atoms with Gasteiger partial charge in [0.25, 0.3) is 0 Å². The lowest BCUT2D eigenvalue weighted by molar-refractivity contribution is -0.179. The maximum absolute atomic E-state index is 13.2. The van der Waals surface area contributed by atoms with Crippen molar-refractivity contribution < 1.29 is 17.6 Å². The highest BCUT2D eigenvalue weighted by Gasteiger charge is 2.49. The number of allylic oxidation sites excluding steroid dienone is 5. The first-order chi connectivity index (χ1) is 13.2. The Balaban J connectivity index is 1.59. The van der Waals surface area contributed by atoms with Crippen LogP contribution in [0.2, 0.25) is 0 Å². The Morgan fingerprint density at radius 3 is 2.57 bits per heavy atom. The quantitative estimate of drug-likeness (QED) is 0.475. The van der Waals surface area contributed by atoms with Crippen molar-refractivity contribution in [2.75, 3.05) is 5.32 Å². The lowest BCUT2D eigenvalue weighted by Gasteiger charge is -2.48.